The molecule has 4 aromatic carbocycles. The molecule has 0 aliphatic heterocycles. The minimum absolute atomic E-state index is 0.176. The minimum atomic E-state index is -0.935. The van der Waals surface area contributed by atoms with Gasteiger partial charge in [-0.2, -0.15) is 59.7 Å². The van der Waals surface area contributed by atoms with Crippen LogP contribution in [0.25, 0.3) is 22.3 Å². The zero-order chi connectivity index (χ0) is 29.7. The molecule has 0 atom stereocenters. The first-order valence-electron chi connectivity index (χ1n) is 12.5. The standard InChI is InChI=1S/2C13H9.2C4H6O2.CH2.Ti/c2*1-3-7-12-10(5-1)9-11-6-2-4-8-13(11)12;2*1-3(2)4(5)6;;/h2*1-5,7-8H,9H2;2*1H2,2H3,(H,5,6);1H2;/q2*-1;;;;+2. The topological polar surface area (TPSA) is 74.6 Å². The maximum Gasteiger partial charge on any atom is -0.0253 e. The van der Waals surface area contributed by atoms with Crippen molar-refractivity contribution in [3.05, 3.63) is 144 Å². The van der Waals surface area contributed by atoms with E-state index in [1.54, 1.807) is 20.0 Å². The van der Waals surface area contributed by atoms with Crippen LogP contribution in [-0.2, 0) is 42.4 Å². The molecule has 2 aliphatic carbocycles. The number of fused-ring (bicyclic) bond motifs is 6. The Balaban J connectivity index is 0.000000196. The van der Waals surface area contributed by atoms with Crippen LogP contribution in [0.3, 0.4) is 0 Å². The van der Waals surface area contributed by atoms with Gasteiger partial charge in [0, 0.05) is 11.1 Å². The zero-order valence-electron chi connectivity index (χ0n) is 22.8. The summed E-state index contributed by atoms with van der Waals surface area (Å²) in [6, 6.07) is 36.2. The molecule has 6 rings (SSSR count). The molecule has 0 bridgehead atoms. The number of carboxylic acids is 2. The van der Waals surface area contributed by atoms with Crippen molar-refractivity contribution in [1.29, 1.82) is 0 Å². The van der Waals surface area contributed by atoms with Crippen molar-refractivity contribution in [3.8, 4) is 22.3 Å². The monoisotopic (exact) mass is 564 g/mol. The van der Waals surface area contributed by atoms with Gasteiger partial charge in [0.25, 0.3) is 0 Å². The molecule has 0 spiro atoms. The molecule has 200 valence electrons. The van der Waals surface area contributed by atoms with Crippen LogP contribution in [-0.4, -0.2) is 27.0 Å². The van der Waals surface area contributed by atoms with Gasteiger partial charge in [0.05, 0.1) is 0 Å². The van der Waals surface area contributed by atoms with E-state index in [0.717, 1.165) is 12.8 Å². The Morgan fingerprint density at radius 1 is 0.625 bits per heavy atom. The van der Waals surface area contributed by atoms with Crippen LogP contribution in [0.15, 0.2) is 109 Å². The number of hydrogen-bond acceptors (Lipinski definition) is 2. The number of benzene rings is 4. The SMILES string of the molecule is C=C(C)C(=O)O.C=C(C)C(=O)O.[CH2]=[Ti+2].[c-]1cccc2c1Cc1ccccc1-2.[c-]1cccc2c1Cc1ccccc1-2. The molecule has 0 aromatic heterocycles. The Kier molecular flexibility index (Phi) is 12.9. The Morgan fingerprint density at radius 3 is 1.25 bits per heavy atom. The summed E-state index contributed by atoms with van der Waals surface area (Å²) in [4.78, 5) is 22.4. The molecule has 0 saturated heterocycles. The van der Waals surface area contributed by atoms with Crippen LogP contribution in [0.5, 0.6) is 0 Å². The molecule has 4 aromatic rings. The van der Waals surface area contributed by atoms with Gasteiger partial charge in [-0.1, -0.05) is 83.9 Å². The Labute approximate surface area is 248 Å². The van der Waals surface area contributed by atoms with E-state index >= 15 is 0 Å². The number of carbonyl (C=O) groups is 2. The van der Waals surface area contributed by atoms with Crippen LogP contribution in [0.2, 0.25) is 0 Å². The first kappa shape index (κ1) is 32.1. The summed E-state index contributed by atoms with van der Waals surface area (Å²) in [6.07, 6.45) is 2.10. The molecule has 0 amide bonds. The first-order valence-corrected chi connectivity index (χ1v) is 13.6. The van der Waals surface area contributed by atoms with Gasteiger partial charge in [-0.15, -0.1) is 11.1 Å². The Bertz CT molecular complexity index is 1280. The van der Waals surface area contributed by atoms with Gasteiger partial charge in [0.15, 0.2) is 0 Å². The van der Waals surface area contributed by atoms with Gasteiger partial charge < -0.3 is 10.2 Å². The Morgan fingerprint density at radius 2 is 0.925 bits per heavy atom. The van der Waals surface area contributed by atoms with Gasteiger partial charge in [0.1, 0.15) is 0 Å². The quantitative estimate of drug-likeness (QED) is 0.131. The molecule has 5 heteroatoms. The average Bonchev–Trinajstić information content (AvgIpc) is 3.53. The van der Waals surface area contributed by atoms with Gasteiger partial charge in [-0.25, -0.2) is 9.59 Å². The van der Waals surface area contributed by atoms with Crippen molar-refractivity contribution in [2.24, 2.45) is 0 Å². The summed E-state index contributed by atoms with van der Waals surface area (Å²) in [5.74, 6) is -1.87. The van der Waals surface area contributed by atoms with Crippen molar-refractivity contribution in [1.82, 2.24) is 0 Å². The average molecular weight is 565 g/mol. The third kappa shape index (κ3) is 8.98. The normalized spacial score (nSPS) is 10.4. The molecule has 0 heterocycles. The number of rotatable bonds is 2. The summed E-state index contributed by atoms with van der Waals surface area (Å²) < 4.78 is 0. The smallest absolute Gasteiger partial charge is 0.0253 e. The molecular weight excluding hydrogens is 532 g/mol. The van der Waals surface area contributed by atoms with E-state index in [4.69, 9.17) is 10.2 Å². The molecule has 4 nitrogen and oxygen atoms in total. The Hall–Kier alpha value is -4.12. The van der Waals surface area contributed by atoms with Crippen molar-refractivity contribution in [2.45, 2.75) is 26.7 Å². The summed E-state index contributed by atoms with van der Waals surface area (Å²) in [6.45, 7) is 9.20. The molecule has 2 aliphatic rings. The fourth-order valence-corrected chi connectivity index (χ4v) is 4.00. The van der Waals surface area contributed by atoms with E-state index in [2.05, 4.69) is 103 Å². The third-order valence-corrected chi connectivity index (χ3v) is 5.96. The molecule has 40 heavy (non-hydrogen) atoms. The number of carboxylic acid groups (broad SMARTS) is 2. The maximum absolute atomic E-state index is 9.60. The van der Waals surface area contributed by atoms with Crippen LogP contribution in [0.1, 0.15) is 36.1 Å². The predicted molar refractivity (Wildman–Crippen MR) is 159 cm³/mol. The molecule has 0 fully saturated rings. The van der Waals surface area contributed by atoms with E-state index in [1.165, 1.54) is 58.4 Å². The number of hydrogen-bond donors (Lipinski definition) is 2. The largest absolute Gasteiger partial charge is 0.179 e. The molecular formula is C35H32O4Ti. The molecule has 0 unspecified atom stereocenters. The first-order chi connectivity index (χ1) is 19.2. The van der Waals surface area contributed by atoms with Gasteiger partial charge in [-0.3, -0.25) is 0 Å². The predicted octanol–water partition coefficient (Wildman–Crippen LogP) is 7.38. The van der Waals surface area contributed by atoms with E-state index < -0.39 is 11.9 Å². The van der Waals surface area contributed by atoms with Crippen molar-refractivity contribution < 1.29 is 39.8 Å². The van der Waals surface area contributed by atoms with E-state index in [0.29, 0.717) is 0 Å². The van der Waals surface area contributed by atoms with Crippen LogP contribution >= 0.6 is 0 Å². The molecule has 2 N–H and O–H groups in total. The molecule has 0 saturated carbocycles. The second-order valence-corrected chi connectivity index (χ2v) is 8.96. The van der Waals surface area contributed by atoms with Crippen molar-refractivity contribution in [2.75, 3.05) is 0 Å². The van der Waals surface area contributed by atoms with Crippen LogP contribution in [0.4, 0.5) is 0 Å². The summed E-state index contributed by atoms with van der Waals surface area (Å²) in [5.41, 5.74) is 11.4. The zero-order valence-corrected chi connectivity index (χ0v) is 24.4. The molecule has 0 radical (unpaired) electrons. The summed E-state index contributed by atoms with van der Waals surface area (Å²) in [5, 5.41) is 15.8. The van der Waals surface area contributed by atoms with Crippen molar-refractivity contribution in [3.63, 3.8) is 0 Å². The fourth-order valence-electron chi connectivity index (χ4n) is 4.00. The second-order valence-electron chi connectivity index (χ2n) is 8.96. The van der Waals surface area contributed by atoms with E-state index in [9.17, 15) is 9.59 Å². The van der Waals surface area contributed by atoms with Crippen LogP contribution < -0.4 is 0 Å². The van der Waals surface area contributed by atoms with E-state index in [1.807, 2.05) is 12.1 Å². The summed E-state index contributed by atoms with van der Waals surface area (Å²) in [7, 11) is 0. The summed E-state index contributed by atoms with van der Waals surface area (Å²) >= 11 is 1.75. The fraction of sp³-hybridized carbons (Fsp3) is 0.114. The van der Waals surface area contributed by atoms with Gasteiger partial charge in [0.2, 0.25) is 0 Å². The number of aliphatic carboxylic acids is 2. The van der Waals surface area contributed by atoms with Gasteiger partial charge >= 0.3 is 36.7 Å². The van der Waals surface area contributed by atoms with Crippen molar-refractivity contribution >= 4 is 16.8 Å². The van der Waals surface area contributed by atoms with E-state index in [-0.39, 0.29) is 11.1 Å². The minimum Gasteiger partial charge on any atom is -0.179 e. The van der Waals surface area contributed by atoms with Gasteiger partial charge in [-0.05, 0) is 26.7 Å². The third-order valence-electron chi connectivity index (χ3n) is 5.96. The second kappa shape index (κ2) is 16.1. The maximum atomic E-state index is 9.60. The van der Waals surface area contributed by atoms with Crippen LogP contribution in [0, 0.1) is 12.1 Å².